The van der Waals surface area contributed by atoms with Crippen LogP contribution in [0.1, 0.15) is 38.2 Å². The number of rotatable bonds is 4. The van der Waals surface area contributed by atoms with Gasteiger partial charge in [0.2, 0.25) is 5.91 Å². The Morgan fingerprint density at radius 3 is 2.44 bits per heavy atom. The molecule has 2 aliphatic heterocycles. The van der Waals surface area contributed by atoms with E-state index in [1.54, 1.807) is 24.3 Å². The lowest BCUT2D eigenvalue weighted by molar-refractivity contribution is -0.133. The van der Waals surface area contributed by atoms with Gasteiger partial charge in [0.25, 0.3) is 5.91 Å². The van der Waals surface area contributed by atoms with Crippen LogP contribution in [0.2, 0.25) is 5.02 Å². The van der Waals surface area contributed by atoms with Gasteiger partial charge in [-0.05, 0) is 37.0 Å². The smallest absolute Gasteiger partial charge is 0.325 e. The van der Waals surface area contributed by atoms with Crippen molar-refractivity contribution in [2.24, 2.45) is 0 Å². The summed E-state index contributed by atoms with van der Waals surface area (Å²) in [7, 11) is 0. The summed E-state index contributed by atoms with van der Waals surface area (Å²) in [4.78, 5) is 41.1. The van der Waals surface area contributed by atoms with E-state index in [9.17, 15) is 14.4 Å². The second kappa shape index (κ2) is 5.73. The normalized spacial score (nSPS) is 29.5. The number of likely N-dealkylation sites (tertiary alicyclic amines) is 1. The third-order valence-electron chi connectivity index (χ3n) is 5.48. The molecule has 1 saturated carbocycles. The molecule has 132 valence electrons. The number of nitrogens with zero attached hydrogens (tertiary/aromatic N) is 2. The Bertz CT molecular complexity index is 746. The number of benzene rings is 1. The molecule has 2 atom stereocenters. The highest BCUT2D eigenvalue weighted by Crippen LogP contribution is 2.37. The standard InChI is InChI=1S/C18H20ClN3O3/c1-2-18(11-3-5-12(19)6-4-11)16(24)22(17(25)20-18)14-9-15(23)21(10-14)13-7-8-13/h3-6,13-14H,2,7-10H2,1H3,(H,20,25). The van der Waals surface area contributed by atoms with Crippen LogP contribution < -0.4 is 5.32 Å². The molecule has 1 aromatic rings. The Balaban J connectivity index is 1.63. The van der Waals surface area contributed by atoms with Crippen molar-refractivity contribution in [2.75, 3.05) is 6.54 Å². The zero-order valence-electron chi connectivity index (χ0n) is 14.0. The second-order valence-electron chi connectivity index (χ2n) is 7.01. The van der Waals surface area contributed by atoms with E-state index in [2.05, 4.69) is 5.32 Å². The Morgan fingerprint density at radius 2 is 1.84 bits per heavy atom. The number of carbonyl (C=O) groups excluding carboxylic acids is 3. The molecule has 0 radical (unpaired) electrons. The van der Waals surface area contributed by atoms with Gasteiger partial charge >= 0.3 is 6.03 Å². The van der Waals surface area contributed by atoms with E-state index < -0.39 is 11.6 Å². The number of urea groups is 1. The van der Waals surface area contributed by atoms with Gasteiger partial charge in [-0.1, -0.05) is 30.7 Å². The fraction of sp³-hybridized carbons (Fsp3) is 0.500. The van der Waals surface area contributed by atoms with Crippen LogP contribution in [-0.2, 0) is 15.1 Å². The molecule has 2 heterocycles. The first-order valence-corrected chi connectivity index (χ1v) is 9.05. The fourth-order valence-electron chi connectivity index (χ4n) is 3.92. The van der Waals surface area contributed by atoms with Crippen LogP contribution in [0.5, 0.6) is 0 Å². The lowest BCUT2D eigenvalue weighted by atomic mass is 9.87. The third-order valence-corrected chi connectivity index (χ3v) is 5.73. The van der Waals surface area contributed by atoms with Crippen molar-refractivity contribution >= 4 is 29.4 Å². The first-order chi connectivity index (χ1) is 12.0. The molecule has 0 aromatic heterocycles. The molecular formula is C18H20ClN3O3. The summed E-state index contributed by atoms with van der Waals surface area (Å²) >= 11 is 5.95. The molecule has 4 rings (SSSR count). The zero-order chi connectivity index (χ0) is 17.8. The van der Waals surface area contributed by atoms with E-state index in [-0.39, 0.29) is 24.3 Å². The van der Waals surface area contributed by atoms with Crippen molar-refractivity contribution in [2.45, 2.75) is 50.2 Å². The molecule has 1 aliphatic carbocycles. The highest BCUT2D eigenvalue weighted by Gasteiger charge is 2.55. The number of carbonyl (C=O) groups is 3. The maximum Gasteiger partial charge on any atom is 0.325 e. The molecule has 3 fully saturated rings. The second-order valence-corrected chi connectivity index (χ2v) is 7.44. The van der Waals surface area contributed by atoms with Crippen LogP contribution in [0.3, 0.4) is 0 Å². The highest BCUT2D eigenvalue weighted by atomic mass is 35.5. The van der Waals surface area contributed by atoms with E-state index in [4.69, 9.17) is 11.6 Å². The maximum absolute atomic E-state index is 13.2. The van der Waals surface area contributed by atoms with Crippen molar-refractivity contribution < 1.29 is 14.4 Å². The summed E-state index contributed by atoms with van der Waals surface area (Å²) in [6, 6.07) is 6.45. The quantitative estimate of drug-likeness (QED) is 0.836. The first-order valence-electron chi connectivity index (χ1n) is 8.67. The monoisotopic (exact) mass is 361 g/mol. The molecule has 25 heavy (non-hydrogen) atoms. The minimum atomic E-state index is -1.09. The minimum Gasteiger partial charge on any atom is -0.338 e. The Morgan fingerprint density at radius 1 is 1.16 bits per heavy atom. The van der Waals surface area contributed by atoms with Crippen molar-refractivity contribution in [3.63, 3.8) is 0 Å². The van der Waals surface area contributed by atoms with Gasteiger partial charge in [-0.2, -0.15) is 0 Å². The lowest BCUT2D eigenvalue weighted by Gasteiger charge is -2.27. The first kappa shape index (κ1) is 16.4. The number of amides is 4. The van der Waals surface area contributed by atoms with Gasteiger partial charge in [0.15, 0.2) is 0 Å². The molecule has 7 heteroatoms. The largest absolute Gasteiger partial charge is 0.338 e. The van der Waals surface area contributed by atoms with Crippen LogP contribution in [-0.4, -0.2) is 46.3 Å². The van der Waals surface area contributed by atoms with Gasteiger partial charge in [0.05, 0.1) is 6.04 Å². The number of hydrogen-bond acceptors (Lipinski definition) is 3. The minimum absolute atomic E-state index is 0.0357. The van der Waals surface area contributed by atoms with E-state index in [1.807, 2.05) is 11.8 Å². The van der Waals surface area contributed by atoms with E-state index >= 15 is 0 Å². The summed E-state index contributed by atoms with van der Waals surface area (Å²) < 4.78 is 0. The number of nitrogens with one attached hydrogen (secondary N) is 1. The van der Waals surface area contributed by atoms with Crippen LogP contribution in [0, 0.1) is 0 Å². The Labute approximate surface area is 151 Å². The maximum atomic E-state index is 13.2. The van der Waals surface area contributed by atoms with Gasteiger partial charge in [-0.3, -0.25) is 14.5 Å². The van der Waals surface area contributed by atoms with Crippen molar-refractivity contribution in [1.82, 2.24) is 15.1 Å². The van der Waals surface area contributed by atoms with E-state index in [1.165, 1.54) is 4.90 Å². The molecule has 0 spiro atoms. The molecule has 4 amide bonds. The molecular weight excluding hydrogens is 342 g/mol. The topological polar surface area (TPSA) is 69.7 Å². The lowest BCUT2D eigenvalue weighted by Crippen LogP contribution is -2.45. The summed E-state index contributed by atoms with van der Waals surface area (Å²) in [5.41, 5.74) is -0.374. The SMILES string of the molecule is CCC1(c2ccc(Cl)cc2)NC(=O)N(C2CC(=O)N(C3CC3)C2)C1=O. The van der Waals surface area contributed by atoms with E-state index in [0.717, 1.165) is 12.8 Å². The van der Waals surface area contributed by atoms with Gasteiger partial charge in [-0.25, -0.2) is 4.79 Å². The van der Waals surface area contributed by atoms with Gasteiger partial charge in [-0.15, -0.1) is 0 Å². The summed E-state index contributed by atoms with van der Waals surface area (Å²) in [5.74, 6) is -0.244. The Kier molecular flexibility index (Phi) is 3.76. The van der Waals surface area contributed by atoms with Gasteiger partial charge in [0, 0.05) is 24.0 Å². The summed E-state index contributed by atoms with van der Waals surface area (Å²) in [6.45, 7) is 2.32. The van der Waals surface area contributed by atoms with Crippen LogP contribution in [0.4, 0.5) is 4.79 Å². The zero-order valence-corrected chi connectivity index (χ0v) is 14.8. The van der Waals surface area contributed by atoms with Gasteiger partial charge < -0.3 is 10.2 Å². The van der Waals surface area contributed by atoms with Crippen LogP contribution >= 0.6 is 11.6 Å². The number of hydrogen-bond donors (Lipinski definition) is 1. The number of imide groups is 1. The predicted octanol–water partition coefficient (Wildman–Crippen LogP) is 2.26. The Hall–Kier alpha value is -2.08. The molecule has 2 saturated heterocycles. The third kappa shape index (κ3) is 2.51. The van der Waals surface area contributed by atoms with Gasteiger partial charge in [0.1, 0.15) is 5.54 Å². The molecule has 6 nitrogen and oxygen atoms in total. The predicted molar refractivity (Wildman–Crippen MR) is 91.9 cm³/mol. The average Bonchev–Trinajstić information content (AvgIpc) is 3.31. The molecule has 1 aromatic carbocycles. The van der Waals surface area contributed by atoms with Crippen molar-refractivity contribution in [3.8, 4) is 0 Å². The highest BCUT2D eigenvalue weighted by molar-refractivity contribution is 6.30. The molecule has 3 aliphatic rings. The van der Waals surface area contributed by atoms with E-state index in [0.29, 0.717) is 29.6 Å². The number of halogens is 1. The van der Waals surface area contributed by atoms with Crippen LogP contribution in [0.15, 0.2) is 24.3 Å². The van der Waals surface area contributed by atoms with Crippen molar-refractivity contribution in [1.29, 1.82) is 0 Å². The fourth-order valence-corrected chi connectivity index (χ4v) is 4.05. The summed E-state index contributed by atoms with van der Waals surface area (Å²) in [6.07, 6.45) is 2.68. The molecule has 0 bridgehead atoms. The molecule has 2 unspecified atom stereocenters. The summed E-state index contributed by atoms with van der Waals surface area (Å²) in [5, 5.41) is 3.44. The van der Waals surface area contributed by atoms with Crippen LogP contribution in [0.25, 0.3) is 0 Å². The van der Waals surface area contributed by atoms with Crippen molar-refractivity contribution in [3.05, 3.63) is 34.9 Å². The average molecular weight is 362 g/mol. The molecule has 1 N–H and O–H groups in total.